The Hall–Kier alpha value is -0.600. The quantitative estimate of drug-likeness (QED) is 0.758. The summed E-state index contributed by atoms with van der Waals surface area (Å²) in [4.78, 5) is 4.10. The SMILES string of the molecule is Cc1cc(CC[C@H](C)N)cc(Cl)n1. The molecule has 0 saturated heterocycles. The molecule has 0 bridgehead atoms. The van der Waals surface area contributed by atoms with Crippen LogP contribution in [0.1, 0.15) is 24.6 Å². The Morgan fingerprint density at radius 2 is 2.23 bits per heavy atom. The van der Waals surface area contributed by atoms with E-state index in [-0.39, 0.29) is 6.04 Å². The van der Waals surface area contributed by atoms with Crippen LogP contribution in [0.5, 0.6) is 0 Å². The maximum atomic E-state index is 5.82. The van der Waals surface area contributed by atoms with Gasteiger partial charge in [-0.25, -0.2) is 4.98 Å². The lowest BCUT2D eigenvalue weighted by Gasteiger charge is -2.05. The smallest absolute Gasteiger partial charge is 0.129 e. The molecule has 0 aliphatic heterocycles. The van der Waals surface area contributed by atoms with E-state index in [0.717, 1.165) is 18.5 Å². The monoisotopic (exact) mass is 198 g/mol. The van der Waals surface area contributed by atoms with E-state index in [2.05, 4.69) is 4.98 Å². The molecule has 0 saturated carbocycles. The number of rotatable bonds is 3. The van der Waals surface area contributed by atoms with E-state index in [4.69, 9.17) is 17.3 Å². The van der Waals surface area contributed by atoms with Crippen molar-refractivity contribution in [3.05, 3.63) is 28.5 Å². The molecule has 1 heterocycles. The minimum Gasteiger partial charge on any atom is -0.328 e. The molecular weight excluding hydrogens is 184 g/mol. The van der Waals surface area contributed by atoms with E-state index < -0.39 is 0 Å². The van der Waals surface area contributed by atoms with Crippen LogP contribution in [0, 0.1) is 6.92 Å². The Kier molecular flexibility index (Phi) is 3.70. The summed E-state index contributed by atoms with van der Waals surface area (Å²) in [5.41, 5.74) is 7.85. The van der Waals surface area contributed by atoms with E-state index in [1.54, 1.807) is 0 Å². The van der Waals surface area contributed by atoms with Crippen LogP contribution < -0.4 is 5.73 Å². The van der Waals surface area contributed by atoms with Crippen molar-refractivity contribution in [1.82, 2.24) is 4.98 Å². The summed E-state index contributed by atoms with van der Waals surface area (Å²) >= 11 is 5.82. The molecule has 2 N–H and O–H groups in total. The van der Waals surface area contributed by atoms with Crippen LogP contribution in [-0.4, -0.2) is 11.0 Å². The Morgan fingerprint density at radius 3 is 2.77 bits per heavy atom. The molecule has 1 atom stereocenters. The molecule has 72 valence electrons. The zero-order valence-electron chi connectivity index (χ0n) is 8.05. The van der Waals surface area contributed by atoms with Crippen molar-refractivity contribution in [2.75, 3.05) is 0 Å². The zero-order valence-corrected chi connectivity index (χ0v) is 8.80. The summed E-state index contributed by atoms with van der Waals surface area (Å²) in [7, 11) is 0. The van der Waals surface area contributed by atoms with Crippen LogP contribution in [0.2, 0.25) is 5.15 Å². The van der Waals surface area contributed by atoms with Crippen molar-refractivity contribution in [3.63, 3.8) is 0 Å². The Balaban J connectivity index is 2.66. The van der Waals surface area contributed by atoms with Crippen LogP contribution in [-0.2, 0) is 6.42 Å². The third-order valence-electron chi connectivity index (χ3n) is 1.87. The Labute approximate surface area is 84.1 Å². The molecule has 1 aromatic heterocycles. The molecule has 0 fully saturated rings. The summed E-state index contributed by atoms with van der Waals surface area (Å²) < 4.78 is 0. The molecular formula is C10H15ClN2. The van der Waals surface area contributed by atoms with Crippen molar-refractivity contribution < 1.29 is 0 Å². The lowest BCUT2D eigenvalue weighted by atomic mass is 10.1. The van der Waals surface area contributed by atoms with Crippen LogP contribution in [0.4, 0.5) is 0 Å². The molecule has 13 heavy (non-hydrogen) atoms. The van der Waals surface area contributed by atoms with E-state index in [1.807, 2.05) is 26.0 Å². The van der Waals surface area contributed by atoms with Gasteiger partial charge in [0.2, 0.25) is 0 Å². The first-order valence-electron chi connectivity index (χ1n) is 4.46. The molecule has 0 amide bonds. The fraction of sp³-hybridized carbons (Fsp3) is 0.500. The van der Waals surface area contributed by atoms with Crippen molar-refractivity contribution in [2.24, 2.45) is 5.73 Å². The van der Waals surface area contributed by atoms with Gasteiger partial charge in [-0.15, -0.1) is 0 Å². The van der Waals surface area contributed by atoms with Crippen LogP contribution in [0.25, 0.3) is 0 Å². The fourth-order valence-electron chi connectivity index (χ4n) is 1.23. The highest BCUT2D eigenvalue weighted by Crippen LogP contribution is 2.12. The van der Waals surface area contributed by atoms with Crippen molar-refractivity contribution >= 4 is 11.6 Å². The predicted octanol–water partition coefficient (Wildman–Crippen LogP) is 2.32. The van der Waals surface area contributed by atoms with Gasteiger partial charge in [-0.1, -0.05) is 11.6 Å². The van der Waals surface area contributed by atoms with Crippen LogP contribution in [0.3, 0.4) is 0 Å². The Bertz CT molecular complexity index is 264. The maximum Gasteiger partial charge on any atom is 0.129 e. The van der Waals surface area contributed by atoms with Crippen molar-refractivity contribution in [3.8, 4) is 0 Å². The number of hydrogen-bond acceptors (Lipinski definition) is 2. The molecule has 0 aliphatic carbocycles. The highest BCUT2D eigenvalue weighted by molar-refractivity contribution is 6.29. The first-order chi connectivity index (χ1) is 6.08. The standard InChI is InChI=1S/C10H15ClN2/c1-7(12)3-4-9-5-8(2)13-10(11)6-9/h5-7H,3-4,12H2,1-2H3/t7-/m0/s1. The summed E-state index contributed by atoms with van der Waals surface area (Å²) in [5.74, 6) is 0. The Morgan fingerprint density at radius 1 is 1.54 bits per heavy atom. The van der Waals surface area contributed by atoms with Gasteiger partial charge in [0.15, 0.2) is 0 Å². The van der Waals surface area contributed by atoms with Crippen LogP contribution >= 0.6 is 11.6 Å². The first-order valence-corrected chi connectivity index (χ1v) is 4.84. The molecule has 0 aliphatic rings. The van der Waals surface area contributed by atoms with Crippen LogP contribution in [0.15, 0.2) is 12.1 Å². The van der Waals surface area contributed by atoms with Gasteiger partial charge in [0.05, 0.1) is 0 Å². The normalized spacial score (nSPS) is 12.9. The second kappa shape index (κ2) is 4.58. The van der Waals surface area contributed by atoms with Crippen molar-refractivity contribution in [1.29, 1.82) is 0 Å². The third-order valence-corrected chi connectivity index (χ3v) is 2.06. The first kappa shape index (κ1) is 10.5. The number of nitrogens with two attached hydrogens (primary N) is 1. The van der Waals surface area contributed by atoms with Gasteiger partial charge in [-0.2, -0.15) is 0 Å². The molecule has 0 radical (unpaired) electrons. The van der Waals surface area contributed by atoms with E-state index >= 15 is 0 Å². The number of nitrogens with zero attached hydrogens (tertiary/aromatic N) is 1. The minimum absolute atomic E-state index is 0.243. The average Bonchev–Trinajstić information content (AvgIpc) is 1.99. The number of halogens is 1. The van der Waals surface area contributed by atoms with Gasteiger partial charge < -0.3 is 5.73 Å². The number of pyridine rings is 1. The lowest BCUT2D eigenvalue weighted by molar-refractivity contribution is 0.665. The van der Waals surface area contributed by atoms with Gasteiger partial charge in [-0.3, -0.25) is 0 Å². The van der Waals surface area contributed by atoms with Gasteiger partial charge >= 0.3 is 0 Å². The lowest BCUT2D eigenvalue weighted by Crippen LogP contribution is -2.15. The zero-order chi connectivity index (χ0) is 9.84. The van der Waals surface area contributed by atoms with Gasteiger partial charge in [-0.05, 0) is 44.4 Å². The molecule has 2 nitrogen and oxygen atoms in total. The van der Waals surface area contributed by atoms with Gasteiger partial charge in [0.1, 0.15) is 5.15 Å². The van der Waals surface area contributed by atoms with Crippen molar-refractivity contribution in [2.45, 2.75) is 32.7 Å². The highest BCUT2D eigenvalue weighted by Gasteiger charge is 2.00. The largest absolute Gasteiger partial charge is 0.328 e. The topological polar surface area (TPSA) is 38.9 Å². The fourth-order valence-corrected chi connectivity index (χ4v) is 1.51. The number of hydrogen-bond donors (Lipinski definition) is 1. The molecule has 0 aromatic carbocycles. The van der Waals surface area contributed by atoms with Gasteiger partial charge in [0, 0.05) is 11.7 Å². The predicted molar refractivity (Wildman–Crippen MR) is 56.0 cm³/mol. The van der Waals surface area contributed by atoms with Gasteiger partial charge in [0.25, 0.3) is 0 Å². The second-order valence-corrected chi connectivity index (χ2v) is 3.84. The minimum atomic E-state index is 0.243. The molecule has 1 aromatic rings. The van der Waals surface area contributed by atoms with E-state index in [1.165, 1.54) is 5.56 Å². The van der Waals surface area contributed by atoms with E-state index in [0.29, 0.717) is 5.15 Å². The molecule has 0 unspecified atom stereocenters. The molecule has 0 spiro atoms. The average molecular weight is 199 g/mol. The molecule has 1 rings (SSSR count). The molecule has 3 heteroatoms. The summed E-state index contributed by atoms with van der Waals surface area (Å²) in [6, 6.07) is 4.19. The summed E-state index contributed by atoms with van der Waals surface area (Å²) in [6.45, 7) is 3.96. The summed E-state index contributed by atoms with van der Waals surface area (Å²) in [5, 5.41) is 0.569. The second-order valence-electron chi connectivity index (χ2n) is 3.46. The third kappa shape index (κ3) is 3.75. The number of aryl methyl sites for hydroxylation is 2. The summed E-state index contributed by atoms with van der Waals surface area (Å²) in [6.07, 6.45) is 1.96. The number of aromatic nitrogens is 1. The van der Waals surface area contributed by atoms with E-state index in [9.17, 15) is 0 Å². The maximum absolute atomic E-state index is 5.82. The highest BCUT2D eigenvalue weighted by atomic mass is 35.5.